The van der Waals surface area contributed by atoms with Crippen LogP contribution in [0.2, 0.25) is 5.02 Å². The van der Waals surface area contributed by atoms with Crippen LogP contribution in [-0.4, -0.2) is 41.1 Å². The standard InChI is InChI=1S/C18H19ClN6O/c1-2-3-4-15-21-17-14(11-20-24(17)9-10-26)18-22-16(23-25(15)18)12-5-7-13(19)8-6-12/h5-8,11,26H,2-4,9-10H2,1H3. The lowest BCUT2D eigenvalue weighted by molar-refractivity contribution is 0.271. The zero-order chi connectivity index (χ0) is 18.1. The number of halogens is 1. The van der Waals surface area contributed by atoms with Crippen molar-refractivity contribution in [2.75, 3.05) is 6.61 Å². The minimum Gasteiger partial charge on any atom is -0.394 e. The third kappa shape index (κ3) is 2.93. The van der Waals surface area contributed by atoms with Gasteiger partial charge in [0.1, 0.15) is 5.82 Å². The first-order valence-corrected chi connectivity index (χ1v) is 9.07. The molecular weight excluding hydrogens is 352 g/mol. The fraction of sp³-hybridized carbons (Fsp3) is 0.333. The lowest BCUT2D eigenvalue weighted by Crippen LogP contribution is -2.08. The lowest BCUT2D eigenvalue weighted by atomic mass is 10.2. The van der Waals surface area contributed by atoms with Gasteiger partial charge in [0.05, 0.1) is 24.7 Å². The van der Waals surface area contributed by atoms with Crippen molar-refractivity contribution in [2.45, 2.75) is 32.7 Å². The molecule has 0 bridgehead atoms. The van der Waals surface area contributed by atoms with Gasteiger partial charge >= 0.3 is 0 Å². The summed E-state index contributed by atoms with van der Waals surface area (Å²) in [6.07, 6.45) is 4.61. The van der Waals surface area contributed by atoms with Gasteiger partial charge in [0.15, 0.2) is 17.1 Å². The van der Waals surface area contributed by atoms with Crippen LogP contribution in [0.1, 0.15) is 25.6 Å². The molecule has 7 nitrogen and oxygen atoms in total. The van der Waals surface area contributed by atoms with E-state index >= 15 is 0 Å². The van der Waals surface area contributed by atoms with Crippen LogP contribution in [0.15, 0.2) is 30.5 Å². The Balaban J connectivity index is 1.93. The third-order valence-electron chi connectivity index (χ3n) is 4.31. The van der Waals surface area contributed by atoms with Crippen LogP contribution >= 0.6 is 11.6 Å². The average molecular weight is 371 g/mol. The molecule has 3 aromatic heterocycles. The first-order chi connectivity index (χ1) is 12.7. The van der Waals surface area contributed by atoms with Crippen LogP contribution in [0.4, 0.5) is 0 Å². The number of aliphatic hydroxyl groups is 1. The summed E-state index contributed by atoms with van der Waals surface area (Å²) in [6, 6.07) is 7.46. The van der Waals surface area contributed by atoms with Crippen molar-refractivity contribution in [2.24, 2.45) is 0 Å². The van der Waals surface area contributed by atoms with Gasteiger partial charge < -0.3 is 5.11 Å². The summed E-state index contributed by atoms with van der Waals surface area (Å²) in [5.74, 6) is 1.48. The molecule has 26 heavy (non-hydrogen) atoms. The molecule has 0 fully saturated rings. The second-order valence-corrected chi connectivity index (χ2v) is 6.57. The van der Waals surface area contributed by atoms with Crippen molar-refractivity contribution in [1.29, 1.82) is 0 Å². The smallest absolute Gasteiger partial charge is 0.182 e. The molecule has 0 radical (unpaired) electrons. The molecule has 3 heterocycles. The Morgan fingerprint density at radius 1 is 1.12 bits per heavy atom. The monoisotopic (exact) mass is 370 g/mol. The van der Waals surface area contributed by atoms with E-state index in [-0.39, 0.29) is 6.61 Å². The first-order valence-electron chi connectivity index (χ1n) is 8.69. The number of hydrogen-bond donors (Lipinski definition) is 1. The molecule has 0 aliphatic rings. The van der Waals surface area contributed by atoms with E-state index in [1.165, 1.54) is 0 Å². The molecule has 0 aliphatic carbocycles. The molecule has 4 rings (SSSR count). The summed E-state index contributed by atoms with van der Waals surface area (Å²) < 4.78 is 3.52. The molecular formula is C18H19ClN6O. The zero-order valence-electron chi connectivity index (χ0n) is 14.4. The van der Waals surface area contributed by atoms with Crippen LogP contribution in [0.3, 0.4) is 0 Å². The van der Waals surface area contributed by atoms with Crippen LogP contribution in [0.25, 0.3) is 28.1 Å². The highest BCUT2D eigenvalue weighted by Gasteiger charge is 2.17. The summed E-state index contributed by atoms with van der Waals surface area (Å²) in [5, 5.41) is 19.8. The molecule has 8 heteroatoms. The van der Waals surface area contributed by atoms with E-state index in [1.54, 1.807) is 10.9 Å². The second-order valence-electron chi connectivity index (χ2n) is 6.14. The molecule has 0 aliphatic heterocycles. The van der Waals surface area contributed by atoms with Crippen molar-refractivity contribution < 1.29 is 5.11 Å². The summed E-state index contributed by atoms with van der Waals surface area (Å²) in [6.45, 7) is 2.56. The van der Waals surface area contributed by atoms with Crippen LogP contribution < -0.4 is 0 Å². The van der Waals surface area contributed by atoms with Gasteiger partial charge in [-0.1, -0.05) is 24.9 Å². The fourth-order valence-corrected chi connectivity index (χ4v) is 3.09. The number of nitrogens with zero attached hydrogens (tertiary/aromatic N) is 6. The van der Waals surface area contributed by atoms with E-state index in [1.807, 2.05) is 28.8 Å². The molecule has 0 saturated carbocycles. The summed E-state index contributed by atoms with van der Waals surface area (Å²) >= 11 is 5.98. The minimum absolute atomic E-state index is 0.0106. The topological polar surface area (TPSA) is 81.1 Å². The quantitative estimate of drug-likeness (QED) is 0.564. The number of aromatic nitrogens is 6. The maximum atomic E-state index is 9.26. The van der Waals surface area contributed by atoms with Gasteiger partial charge in [-0.2, -0.15) is 9.61 Å². The van der Waals surface area contributed by atoms with Crippen LogP contribution in [-0.2, 0) is 13.0 Å². The van der Waals surface area contributed by atoms with Crippen LogP contribution in [0, 0.1) is 0 Å². The Morgan fingerprint density at radius 3 is 2.65 bits per heavy atom. The summed E-state index contributed by atoms with van der Waals surface area (Å²) in [7, 11) is 0. The number of rotatable bonds is 6. The number of fused-ring (bicyclic) bond motifs is 3. The molecule has 1 N–H and O–H groups in total. The minimum atomic E-state index is 0.0106. The SMILES string of the molecule is CCCCc1nc2c(cnn2CCO)c2nc(-c3ccc(Cl)cc3)nn12. The van der Waals surface area contributed by atoms with E-state index in [0.717, 1.165) is 47.3 Å². The van der Waals surface area contributed by atoms with E-state index in [9.17, 15) is 5.11 Å². The number of benzene rings is 1. The average Bonchev–Trinajstić information content (AvgIpc) is 3.25. The van der Waals surface area contributed by atoms with Crippen molar-refractivity contribution in [3.8, 4) is 11.4 Å². The molecule has 0 unspecified atom stereocenters. The molecule has 1 aromatic carbocycles. The van der Waals surface area contributed by atoms with E-state index in [4.69, 9.17) is 21.6 Å². The largest absolute Gasteiger partial charge is 0.394 e. The van der Waals surface area contributed by atoms with Crippen molar-refractivity contribution in [3.05, 3.63) is 41.3 Å². The Bertz CT molecular complexity index is 1050. The maximum absolute atomic E-state index is 9.26. The first kappa shape index (κ1) is 16.9. The highest BCUT2D eigenvalue weighted by molar-refractivity contribution is 6.30. The Kier molecular flexibility index (Phi) is 4.57. The van der Waals surface area contributed by atoms with E-state index < -0.39 is 0 Å². The highest BCUT2D eigenvalue weighted by atomic mass is 35.5. The molecule has 0 amide bonds. The van der Waals surface area contributed by atoms with Gasteiger partial charge in [0.25, 0.3) is 0 Å². The normalized spacial score (nSPS) is 11.7. The Hall–Kier alpha value is -2.51. The predicted molar refractivity (Wildman–Crippen MR) is 100 cm³/mol. The fourth-order valence-electron chi connectivity index (χ4n) is 2.97. The van der Waals surface area contributed by atoms with Crippen molar-refractivity contribution in [3.63, 3.8) is 0 Å². The van der Waals surface area contributed by atoms with Gasteiger partial charge in [-0.15, -0.1) is 5.10 Å². The molecule has 134 valence electrons. The van der Waals surface area contributed by atoms with Crippen molar-refractivity contribution >= 4 is 28.3 Å². The van der Waals surface area contributed by atoms with E-state index in [0.29, 0.717) is 17.4 Å². The maximum Gasteiger partial charge on any atom is 0.182 e. The summed E-state index contributed by atoms with van der Waals surface area (Å²) in [4.78, 5) is 9.51. The summed E-state index contributed by atoms with van der Waals surface area (Å²) in [5.41, 5.74) is 2.36. The number of unbranched alkanes of at least 4 members (excludes halogenated alkanes) is 1. The van der Waals surface area contributed by atoms with Gasteiger partial charge in [0, 0.05) is 17.0 Å². The van der Waals surface area contributed by atoms with Crippen LogP contribution in [0.5, 0.6) is 0 Å². The van der Waals surface area contributed by atoms with Crippen molar-refractivity contribution in [1.82, 2.24) is 29.4 Å². The number of aliphatic hydroxyl groups excluding tert-OH is 1. The Labute approximate surface area is 155 Å². The lowest BCUT2D eigenvalue weighted by Gasteiger charge is -2.05. The zero-order valence-corrected chi connectivity index (χ0v) is 15.2. The van der Waals surface area contributed by atoms with E-state index in [2.05, 4.69) is 17.1 Å². The third-order valence-corrected chi connectivity index (χ3v) is 4.56. The number of hydrogen-bond acceptors (Lipinski definition) is 5. The molecule has 0 saturated heterocycles. The Morgan fingerprint density at radius 2 is 1.92 bits per heavy atom. The predicted octanol–water partition coefficient (Wildman–Crippen LogP) is 3.13. The number of aryl methyl sites for hydroxylation is 1. The van der Waals surface area contributed by atoms with Gasteiger partial charge in [-0.3, -0.25) is 0 Å². The molecule has 0 spiro atoms. The van der Waals surface area contributed by atoms with Gasteiger partial charge in [-0.05, 0) is 30.7 Å². The molecule has 4 aromatic rings. The van der Waals surface area contributed by atoms with Gasteiger partial charge in [-0.25, -0.2) is 14.6 Å². The molecule has 0 atom stereocenters. The highest BCUT2D eigenvalue weighted by Crippen LogP contribution is 2.24. The second kappa shape index (κ2) is 7.01. The van der Waals surface area contributed by atoms with Gasteiger partial charge in [0.2, 0.25) is 0 Å².